The van der Waals surface area contributed by atoms with Crippen molar-refractivity contribution in [2.75, 3.05) is 6.54 Å². The maximum Gasteiger partial charge on any atom is 0.224 e. The van der Waals surface area contributed by atoms with Crippen LogP contribution in [0.25, 0.3) is 0 Å². The summed E-state index contributed by atoms with van der Waals surface area (Å²) in [5.41, 5.74) is 7.25. The lowest BCUT2D eigenvalue weighted by Gasteiger charge is -2.27. The van der Waals surface area contributed by atoms with Crippen LogP contribution in [0.2, 0.25) is 0 Å². The van der Waals surface area contributed by atoms with E-state index in [-0.39, 0.29) is 18.0 Å². The van der Waals surface area contributed by atoms with Crippen LogP contribution in [0.1, 0.15) is 31.9 Å². The molecular formula is C12H18N2OS. The molecule has 2 atom stereocenters. The zero-order valence-corrected chi connectivity index (χ0v) is 10.5. The number of likely N-dealkylation sites (tertiary alicyclic amines) is 1. The van der Waals surface area contributed by atoms with Crippen molar-refractivity contribution in [1.29, 1.82) is 0 Å². The van der Waals surface area contributed by atoms with Crippen LogP contribution in [-0.4, -0.2) is 23.4 Å². The number of nitrogens with zero attached hydrogens (tertiary/aromatic N) is 1. The highest BCUT2D eigenvalue weighted by molar-refractivity contribution is 7.08. The van der Waals surface area contributed by atoms with E-state index in [9.17, 15) is 4.79 Å². The van der Waals surface area contributed by atoms with Crippen LogP contribution >= 0.6 is 11.3 Å². The predicted octanol–water partition coefficient (Wildman–Crippen LogP) is 2.00. The molecule has 0 spiro atoms. The lowest BCUT2D eigenvalue weighted by atomic mass is 10.0. The summed E-state index contributed by atoms with van der Waals surface area (Å²) in [7, 11) is 0. The Morgan fingerprint density at radius 2 is 2.38 bits per heavy atom. The van der Waals surface area contributed by atoms with E-state index in [2.05, 4.69) is 25.3 Å². The van der Waals surface area contributed by atoms with Gasteiger partial charge < -0.3 is 10.6 Å². The maximum atomic E-state index is 11.9. The molecular weight excluding hydrogens is 220 g/mol. The van der Waals surface area contributed by atoms with Crippen molar-refractivity contribution in [3.05, 3.63) is 22.4 Å². The molecule has 0 aromatic carbocycles. The molecule has 2 rings (SSSR count). The largest absolute Gasteiger partial charge is 0.334 e. The van der Waals surface area contributed by atoms with Gasteiger partial charge in [0.25, 0.3) is 0 Å². The molecule has 2 unspecified atom stereocenters. The van der Waals surface area contributed by atoms with Crippen molar-refractivity contribution in [2.45, 2.75) is 32.4 Å². The van der Waals surface area contributed by atoms with Gasteiger partial charge in [0.05, 0.1) is 6.04 Å². The van der Waals surface area contributed by atoms with E-state index in [1.165, 1.54) is 5.56 Å². The highest BCUT2D eigenvalue weighted by Gasteiger charge is 2.38. The second kappa shape index (κ2) is 4.55. The fourth-order valence-corrected chi connectivity index (χ4v) is 2.99. The molecule has 0 saturated carbocycles. The number of amides is 1. The fourth-order valence-electron chi connectivity index (χ4n) is 2.30. The van der Waals surface area contributed by atoms with E-state index >= 15 is 0 Å². The summed E-state index contributed by atoms with van der Waals surface area (Å²) in [6, 6.07) is 2.10. The van der Waals surface area contributed by atoms with E-state index in [4.69, 9.17) is 5.73 Å². The first-order chi connectivity index (χ1) is 7.59. The van der Waals surface area contributed by atoms with E-state index in [0.29, 0.717) is 12.3 Å². The van der Waals surface area contributed by atoms with Crippen molar-refractivity contribution in [3.63, 3.8) is 0 Å². The van der Waals surface area contributed by atoms with Gasteiger partial charge in [-0.05, 0) is 28.3 Å². The first kappa shape index (κ1) is 11.6. The molecule has 3 nitrogen and oxygen atoms in total. The van der Waals surface area contributed by atoms with Crippen LogP contribution in [-0.2, 0) is 4.79 Å². The molecule has 4 heteroatoms. The monoisotopic (exact) mass is 238 g/mol. The average Bonchev–Trinajstić information content (AvgIpc) is 2.75. The molecule has 2 N–H and O–H groups in total. The smallest absolute Gasteiger partial charge is 0.224 e. The molecule has 0 bridgehead atoms. The number of thiophene rings is 1. The molecule has 1 aliphatic rings. The van der Waals surface area contributed by atoms with Crippen LogP contribution < -0.4 is 5.73 Å². The molecule has 0 radical (unpaired) electrons. The van der Waals surface area contributed by atoms with Crippen molar-refractivity contribution in [1.82, 2.24) is 4.90 Å². The molecule has 1 fully saturated rings. The minimum absolute atomic E-state index is 0.0548. The molecule has 1 aromatic heterocycles. The summed E-state index contributed by atoms with van der Waals surface area (Å²) < 4.78 is 0. The molecule has 1 saturated heterocycles. The Bertz CT molecular complexity index is 361. The van der Waals surface area contributed by atoms with Crippen LogP contribution in [0.5, 0.6) is 0 Å². The van der Waals surface area contributed by atoms with Gasteiger partial charge in [0, 0.05) is 19.0 Å². The fraction of sp³-hybridized carbons (Fsp3) is 0.583. The van der Waals surface area contributed by atoms with Crippen molar-refractivity contribution < 1.29 is 4.79 Å². The standard InChI is InChI=1S/C12H18N2OS/c1-8(2)6-14-11(15)5-10(13)12(14)9-3-4-16-7-9/h3-4,7-8,10,12H,5-6,13H2,1-2H3. The van der Waals surface area contributed by atoms with E-state index in [1.807, 2.05) is 10.3 Å². The Labute approximate surface area is 100 Å². The van der Waals surface area contributed by atoms with Crippen LogP contribution in [0.4, 0.5) is 0 Å². The second-order valence-electron chi connectivity index (χ2n) is 4.81. The topological polar surface area (TPSA) is 46.3 Å². The average molecular weight is 238 g/mol. The molecule has 16 heavy (non-hydrogen) atoms. The number of hydrogen-bond acceptors (Lipinski definition) is 3. The zero-order valence-electron chi connectivity index (χ0n) is 9.72. The summed E-state index contributed by atoms with van der Waals surface area (Å²) in [5, 5.41) is 4.13. The third kappa shape index (κ3) is 2.13. The number of rotatable bonds is 3. The van der Waals surface area contributed by atoms with Gasteiger partial charge in [-0.25, -0.2) is 0 Å². The van der Waals surface area contributed by atoms with Gasteiger partial charge >= 0.3 is 0 Å². The minimum atomic E-state index is -0.0548. The Morgan fingerprint density at radius 1 is 1.62 bits per heavy atom. The number of nitrogens with two attached hydrogens (primary N) is 1. The van der Waals surface area contributed by atoms with Crippen LogP contribution in [0.15, 0.2) is 16.8 Å². The Kier molecular flexibility index (Phi) is 3.30. The highest BCUT2D eigenvalue weighted by Crippen LogP contribution is 2.33. The third-order valence-corrected chi connectivity index (χ3v) is 3.62. The van der Waals surface area contributed by atoms with Gasteiger partial charge in [0.2, 0.25) is 5.91 Å². The van der Waals surface area contributed by atoms with Crippen LogP contribution in [0, 0.1) is 5.92 Å². The Hall–Kier alpha value is -0.870. The first-order valence-corrected chi connectivity index (χ1v) is 6.61. The van der Waals surface area contributed by atoms with Crippen molar-refractivity contribution in [3.8, 4) is 0 Å². The molecule has 1 aromatic rings. The quantitative estimate of drug-likeness (QED) is 0.875. The normalized spacial score (nSPS) is 25.8. The summed E-state index contributed by atoms with van der Waals surface area (Å²) in [6.45, 7) is 5.05. The molecule has 0 aliphatic carbocycles. The summed E-state index contributed by atoms with van der Waals surface area (Å²) >= 11 is 1.66. The Morgan fingerprint density at radius 3 is 2.94 bits per heavy atom. The van der Waals surface area contributed by atoms with Crippen molar-refractivity contribution in [2.24, 2.45) is 11.7 Å². The summed E-state index contributed by atoms with van der Waals surface area (Å²) in [6.07, 6.45) is 0.479. The van der Waals surface area contributed by atoms with Gasteiger partial charge in [0.15, 0.2) is 0 Å². The van der Waals surface area contributed by atoms with Crippen molar-refractivity contribution >= 4 is 17.2 Å². The number of carbonyl (C=O) groups excluding carboxylic acids is 1. The molecule has 88 valence electrons. The van der Waals surface area contributed by atoms with Crippen LogP contribution in [0.3, 0.4) is 0 Å². The zero-order chi connectivity index (χ0) is 11.7. The van der Waals surface area contributed by atoms with E-state index in [0.717, 1.165) is 6.54 Å². The third-order valence-electron chi connectivity index (χ3n) is 2.92. The first-order valence-electron chi connectivity index (χ1n) is 5.66. The summed E-state index contributed by atoms with van der Waals surface area (Å²) in [5.74, 6) is 0.674. The van der Waals surface area contributed by atoms with Gasteiger partial charge in [0.1, 0.15) is 0 Å². The number of carbonyl (C=O) groups is 1. The summed E-state index contributed by atoms with van der Waals surface area (Å²) in [4.78, 5) is 13.8. The van der Waals surface area contributed by atoms with Gasteiger partial charge in [-0.15, -0.1) is 0 Å². The maximum absolute atomic E-state index is 11.9. The highest BCUT2D eigenvalue weighted by atomic mass is 32.1. The van der Waals surface area contributed by atoms with E-state index < -0.39 is 0 Å². The SMILES string of the molecule is CC(C)CN1C(=O)CC(N)C1c1ccsc1. The van der Waals surface area contributed by atoms with E-state index in [1.54, 1.807) is 11.3 Å². The van der Waals surface area contributed by atoms with Gasteiger partial charge in [-0.1, -0.05) is 13.8 Å². The second-order valence-corrected chi connectivity index (χ2v) is 5.59. The van der Waals surface area contributed by atoms with Gasteiger partial charge in [-0.3, -0.25) is 4.79 Å². The molecule has 1 aliphatic heterocycles. The lowest BCUT2D eigenvalue weighted by Crippen LogP contribution is -2.35. The minimum Gasteiger partial charge on any atom is -0.334 e. The lowest BCUT2D eigenvalue weighted by molar-refractivity contribution is -0.129. The molecule has 1 amide bonds. The number of hydrogen-bond donors (Lipinski definition) is 1. The molecule has 2 heterocycles. The Balaban J connectivity index is 2.23. The predicted molar refractivity (Wildman–Crippen MR) is 66.2 cm³/mol. The van der Waals surface area contributed by atoms with Gasteiger partial charge in [-0.2, -0.15) is 11.3 Å².